The van der Waals surface area contributed by atoms with Gasteiger partial charge in [0.1, 0.15) is 5.82 Å². The largest absolute Gasteiger partial charge is 0.469 e. The second-order valence-corrected chi connectivity index (χ2v) is 2.68. The van der Waals surface area contributed by atoms with Crippen LogP contribution in [0.25, 0.3) is 0 Å². The van der Waals surface area contributed by atoms with Crippen LogP contribution in [-0.4, -0.2) is 18.1 Å². The molecule has 1 rings (SSSR count). The molecule has 1 aromatic heterocycles. The zero-order valence-corrected chi connectivity index (χ0v) is 7.50. The average Bonchev–Trinajstić information content (AvgIpc) is 2.13. The van der Waals surface area contributed by atoms with E-state index in [0.717, 1.165) is 0 Å². The van der Waals surface area contributed by atoms with Crippen LogP contribution in [0.2, 0.25) is 0 Å². The third-order valence-corrected chi connectivity index (χ3v) is 1.69. The molecule has 3 nitrogen and oxygen atoms in total. The van der Waals surface area contributed by atoms with E-state index in [0.29, 0.717) is 5.56 Å². The topological polar surface area (TPSA) is 39.2 Å². The quantitative estimate of drug-likeness (QED) is 0.647. The van der Waals surface area contributed by atoms with Crippen molar-refractivity contribution in [3.05, 3.63) is 29.3 Å². The van der Waals surface area contributed by atoms with Gasteiger partial charge in [0, 0.05) is 23.5 Å². The van der Waals surface area contributed by atoms with Crippen molar-refractivity contribution in [1.29, 1.82) is 0 Å². The van der Waals surface area contributed by atoms with Crippen molar-refractivity contribution in [1.82, 2.24) is 4.98 Å². The molecule has 1 aromatic rings. The summed E-state index contributed by atoms with van der Waals surface area (Å²) in [6.45, 7) is 1.60. The summed E-state index contributed by atoms with van der Waals surface area (Å²) in [6.07, 6.45) is 2.67. The average molecular weight is 183 g/mol. The Labute approximate surface area is 75.6 Å². The molecule has 0 spiro atoms. The maximum atomic E-state index is 13.3. The van der Waals surface area contributed by atoms with Gasteiger partial charge >= 0.3 is 5.97 Å². The van der Waals surface area contributed by atoms with Gasteiger partial charge in [-0.15, -0.1) is 0 Å². The Kier molecular flexibility index (Phi) is 2.95. The first-order chi connectivity index (χ1) is 6.15. The van der Waals surface area contributed by atoms with Crippen molar-refractivity contribution >= 4 is 5.97 Å². The summed E-state index contributed by atoms with van der Waals surface area (Å²) in [5, 5.41) is 0. The van der Waals surface area contributed by atoms with Crippen molar-refractivity contribution in [3.63, 3.8) is 0 Å². The van der Waals surface area contributed by atoms with E-state index in [1.54, 1.807) is 6.92 Å². The molecule has 1 heterocycles. The van der Waals surface area contributed by atoms with E-state index in [1.807, 2.05) is 0 Å². The summed E-state index contributed by atoms with van der Waals surface area (Å²) in [4.78, 5) is 14.6. The number of carbonyl (C=O) groups is 1. The number of carbonyl (C=O) groups excluding carboxylic acids is 1. The van der Waals surface area contributed by atoms with Crippen molar-refractivity contribution in [2.45, 2.75) is 13.3 Å². The van der Waals surface area contributed by atoms with E-state index in [4.69, 9.17) is 0 Å². The molecule has 0 aliphatic rings. The van der Waals surface area contributed by atoms with Crippen LogP contribution < -0.4 is 0 Å². The first-order valence-corrected chi connectivity index (χ1v) is 3.81. The lowest BCUT2D eigenvalue weighted by Crippen LogP contribution is -2.07. The fraction of sp³-hybridized carbons (Fsp3) is 0.333. The number of ether oxygens (including phenoxy) is 1. The number of pyridine rings is 1. The SMILES string of the molecule is COC(=O)Cc1cncc(C)c1F. The third kappa shape index (κ3) is 2.24. The lowest BCUT2D eigenvalue weighted by molar-refractivity contribution is -0.139. The Hall–Kier alpha value is -1.45. The number of nitrogens with zero attached hydrogens (tertiary/aromatic N) is 1. The van der Waals surface area contributed by atoms with Gasteiger partial charge < -0.3 is 4.74 Å². The highest BCUT2D eigenvalue weighted by Crippen LogP contribution is 2.10. The van der Waals surface area contributed by atoms with Crippen molar-refractivity contribution in [2.24, 2.45) is 0 Å². The van der Waals surface area contributed by atoms with Gasteiger partial charge in [0.2, 0.25) is 0 Å². The van der Waals surface area contributed by atoms with Gasteiger partial charge in [-0.2, -0.15) is 0 Å². The molecule has 70 valence electrons. The summed E-state index contributed by atoms with van der Waals surface area (Å²) < 4.78 is 17.7. The van der Waals surface area contributed by atoms with Crippen molar-refractivity contribution in [3.8, 4) is 0 Å². The molecule has 4 heteroatoms. The molecule has 0 atom stereocenters. The first kappa shape index (κ1) is 9.64. The molecule has 0 bridgehead atoms. The van der Waals surface area contributed by atoms with Gasteiger partial charge in [-0.25, -0.2) is 4.39 Å². The van der Waals surface area contributed by atoms with Gasteiger partial charge in [-0.1, -0.05) is 0 Å². The van der Waals surface area contributed by atoms with Gasteiger partial charge in [0.05, 0.1) is 13.5 Å². The van der Waals surface area contributed by atoms with Crippen LogP contribution in [0, 0.1) is 12.7 Å². The van der Waals surface area contributed by atoms with Crippen LogP contribution in [0.15, 0.2) is 12.4 Å². The highest BCUT2D eigenvalue weighted by molar-refractivity contribution is 5.72. The second kappa shape index (κ2) is 3.98. The molecule has 0 saturated carbocycles. The second-order valence-electron chi connectivity index (χ2n) is 2.68. The number of aromatic nitrogens is 1. The summed E-state index contributed by atoms with van der Waals surface area (Å²) in [6, 6.07) is 0. The van der Waals surface area contributed by atoms with Crippen LogP contribution in [0.1, 0.15) is 11.1 Å². The number of hydrogen-bond acceptors (Lipinski definition) is 3. The Morgan fingerprint density at radius 3 is 2.92 bits per heavy atom. The first-order valence-electron chi connectivity index (χ1n) is 3.81. The van der Waals surface area contributed by atoms with E-state index < -0.39 is 5.97 Å². The van der Waals surface area contributed by atoms with E-state index in [1.165, 1.54) is 19.5 Å². The normalized spacial score (nSPS) is 9.77. The molecule has 0 aliphatic carbocycles. The van der Waals surface area contributed by atoms with Crippen LogP contribution in [0.3, 0.4) is 0 Å². The summed E-state index contributed by atoms with van der Waals surface area (Å²) in [7, 11) is 1.27. The zero-order valence-electron chi connectivity index (χ0n) is 7.50. The Balaban J connectivity index is 2.89. The number of aryl methyl sites for hydroxylation is 1. The number of halogens is 1. The van der Waals surface area contributed by atoms with E-state index in [9.17, 15) is 9.18 Å². The lowest BCUT2D eigenvalue weighted by Gasteiger charge is -2.02. The maximum absolute atomic E-state index is 13.3. The highest BCUT2D eigenvalue weighted by Gasteiger charge is 2.09. The van der Waals surface area contributed by atoms with Crippen LogP contribution in [0.5, 0.6) is 0 Å². The molecule has 0 amide bonds. The predicted octanol–water partition coefficient (Wildman–Crippen LogP) is 1.24. The molecule has 0 aromatic carbocycles. The molecular weight excluding hydrogens is 173 g/mol. The summed E-state index contributed by atoms with van der Waals surface area (Å²) in [5.74, 6) is -0.855. The number of hydrogen-bond donors (Lipinski definition) is 0. The fourth-order valence-corrected chi connectivity index (χ4v) is 0.957. The Bertz CT molecular complexity index is 325. The van der Waals surface area contributed by atoms with Crippen LogP contribution in [0.4, 0.5) is 4.39 Å². The molecule has 0 aliphatic heterocycles. The molecule has 13 heavy (non-hydrogen) atoms. The zero-order chi connectivity index (χ0) is 9.84. The minimum atomic E-state index is -0.466. The number of methoxy groups -OCH3 is 1. The molecule has 0 fully saturated rings. The van der Waals surface area contributed by atoms with Gasteiger partial charge in [0.15, 0.2) is 0 Å². The van der Waals surface area contributed by atoms with Crippen LogP contribution in [-0.2, 0) is 16.0 Å². The lowest BCUT2D eigenvalue weighted by atomic mass is 10.1. The maximum Gasteiger partial charge on any atom is 0.310 e. The fourth-order valence-electron chi connectivity index (χ4n) is 0.957. The highest BCUT2D eigenvalue weighted by atomic mass is 19.1. The van der Waals surface area contributed by atoms with Gasteiger partial charge in [0.25, 0.3) is 0 Å². The number of esters is 1. The van der Waals surface area contributed by atoms with Crippen molar-refractivity contribution in [2.75, 3.05) is 7.11 Å². The monoisotopic (exact) mass is 183 g/mol. The minimum absolute atomic E-state index is 0.0724. The van der Waals surface area contributed by atoms with E-state index in [-0.39, 0.29) is 17.8 Å². The smallest absolute Gasteiger partial charge is 0.310 e. The van der Waals surface area contributed by atoms with Crippen molar-refractivity contribution < 1.29 is 13.9 Å². The van der Waals surface area contributed by atoms with Crippen LogP contribution >= 0.6 is 0 Å². The molecule has 0 unspecified atom stereocenters. The number of rotatable bonds is 2. The molecule has 0 saturated heterocycles. The molecule has 0 N–H and O–H groups in total. The summed E-state index contributed by atoms with van der Waals surface area (Å²) >= 11 is 0. The Morgan fingerprint density at radius 1 is 1.62 bits per heavy atom. The third-order valence-electron chi connectivity index (χ3n) is 1.69. The standard InChI is InChI=1S/C9H10FNO2/c1-6-4-11-5-7(9(6)10)3-8(12)13-2/h4-5H,3H2,1-2H3. The van der Waals surface area contributed by atoms with E-state index in [2.05, 4.69) is 9.72 Å². The Morgan fingerprint density at radius 2 is 2.31 bits per heavy atom. The van der Waals surface area contributed by atoms with Gasteiger partial charge in [-0.05, 0) is 6.92 Å². The summed E-state index contributed by atoms with van der Waals surface area (Å²) in [5.41, 5.74) is 0.702. The minimum Gasteiger partial charge on any atom is -0.469 e. The molecule has 0 radical (unpaired) electrons. The van der Waals surface area contributed by atoms with Gasteiger partial charge in [-0.3, -0.25) is 9.78 Å². The van der Waals surface area contributed by atoms with E-state index >= 15 is 0 Å². The predicted molar refractivity (Wildman–Crippen MR) is 44.7 cm³/mol. The molecular formula is C9H10FNO2.